The summed E-state index contributed by atoms with van der Waals surface area (Å²) in [4.78, 5) is 7.07. The topological polar surface area (TPSA) is 42.2 Å². The predicted octanol–water partition coefficient (Wildman–Crippen LogP) is 4.19. The van der Waals surface area contributed by atoms with Gasteiger partial charge < -0.3 is 10.6 Å². The van der Waals surface area contributed by atoms with Crippen molar-refractivity contribution in [1.82, 2.24) is 4.98 Å². The molecule has 0 aliphatic carbocycles. The van der Waals surface area contributed by atoms with E-state index in [2.05, 4.69) is 47.3 Å². The van der Waals surface area contributed by atoms with Gasteiger partial charge in [-0.3, -0.25) is 0 Å². The molecule has 2 aromatic rings. The summed E-state index contributed by atoms with van der Waals surface area (Å²) in [6.07, 6.45) is 3.57. The first kappa shape index (κ1) is 14.4. The maximum atomic E-state index is 6.31. The minimum atomic E-state index is 0.753. The number of nitrogen functional groups attached to an aromatic ring is 1. The van der Waals surface area contributed by atoms with E-state index in [0.29, 0.717) is 0 Å². The van der Waals surface area contributed by atoms with Gasteiger partial charge in [-0.05, 0) is 37.3 Å². The van der Waals surface area contributed by atoms with E-state index in [1.807, 2.05) is 0 Å². The maximum Gasteiger partial charge on any atom is 0.0929 e. The lowest BCUT2D eigenvalue weighted by molar-refractivity contribution is 0.447. The van der Waals surface area contributed by atoms with Gasteiger partial charge in [0, 0.05) is 24.0 Å². The molecule has 0 amide bonds. The molecule has 4 heteroatoms. The lowest BCUT2D eigenvalue weighted by Crippen LogP contribution is -2.34. The van der Waals surface area contributed by atoms with Gasteiger partial charge in [-0.1, -0.05) is 19.9 Å². The van der Waals surface area contributed by atoms with Crippen LogP contribution < -0.4 is 10.6 Å². The second-order valence-corrected chi connectivity index (χ2v) is 6.89. The van der Waals surface area contributed by atoms with Crippen LogP contribution in [0.5, 0.6) is 0 Å². The molecule has 2 heterocycles. The first-order valence-electron chi connectivity index (χ1n) is 7.76. The van der Waals surface area contributed by atoms with Gasteiger partial charge in [-0.2, -0.15) is 0 Å². The highest BCUT2D eigenvalue weighted by molar-refractivity contribution is 7.09. The number of piperidine rings is 1. The Bertz CT molecular complexity index is 620. The Morgan fingerprint density at radius 2 is 2.29 bits per heavy atom. The SMILES string of the molecule is CCc1nc(-c2ccc(N3CCCC(C)C3)c(N)c2)cs1. The molecule has 0 spiro atoms. The van der Waals surface area contributed by atoms with Crippen molar-refractivity contribution in [3.05, 3.63) is 28.6 Å². The molecule has 2 N–H and O–H groups in total. The van der Waals surface area contributed by atoms with Gasteiger partial charge in [-0.15, -0.1) is 11.3 Å². The number of benzene rings is 1. The largest absolute Gasteiger partial charge is 0.397 e. The first-order chi connectivity index (χ1) is 10.2. The van der Waals surface area contributed by atoms with Gasteiger partial charge >= 0.3 is 0 Å². The number of aromatic nitrogens is 1. The fourth-order valence-electron chi connectivity index (χ4n) is 3.02. The number of thiazole rings is 1. The number of rotatable bonds is 3. The molecule has 1 aromatic carbocycles. The second-order valence-electron chi connectivity index (χ2n) is 5.95. The number of anilines is 2. The van der Waals surface area contributed by atoms with Gasteiger partial charge in [0.05, 0.1) is 22.1 Å². The Kier molecular flexibility index (Phi) is 4.15. The number of hydrogen-bond donors (Lipinski definition) is 1. The third kappa shape index (κ3) is 3.05. The summed E-state index contributed by atoms with van der Waals surface area (Å²) in [6.45, 7) is 6.68. The molecule has 1 aliphatic heterocycles. The summed E-state index contributed by atoms with van der Waals surface area (Å²) in [5, 5.41) is 3.30. The summed E-state index contributed by atoms with van der Waals surface area (Å²) in [7, 11) is 0. The zero-order valence-corrected chi connectivity index (χ0v) is 13.6. The summed E-state index contributed by atoms with van der Waals surface area (Å²) in [5.41, 5.74) is 10.5. The smallest absolute Gasteiger partial charge is 0.0929 e. The number of nitrogens with two attached hydrogens (primary N) is 1. The molecule has 1 unspecified atom stereocenters. The molecule has 112 valence electrons. The van der Waals surface area contributed by atoms with E-state index in [0.717, 1.165) is 42.4 Å². The van der Waals surface area contributed by atoms with E-state index in [4.69, 9.17) is 5.73 Å². The van der Waals surface area contributed by atoms with E-state index in [9.17, 15) is 0 Å². The van der Waals surface area contributed by atoms with Crippen LogP contribution in [0.25, 0.3) is 11.3 Å². The molecular weight excluding hydrogens is 278 g/mol. The van der Waals surface area contributed by atoms with E-state index in [1.165, 1.54) is 23.5 Å². The normalized spacial score (nSPS) is 19.0. The van der Waals surface area contributed by atoms with Crippen LogP contribution in [0.1, 0.15) is 31.7 Å². The maximum absolute atomic E-state index is 6.31. The fraction of sp³-hybridized carbons (Fsp3) is 0.471. The van der Waals surface area contributed by atoms with Gasteiger partial charge in [-0.25, -0.2) is 4.98 Å². The molecule has 1 fully saturated rings. The fourth-order valence-corrected chi connectivity index (χ4v) is 3.77. The Labute approximate surface area is 130 Å². The van der Waals surface area contributed by atoms with Crippen molar-refractivity contribution in [2.75, 3.05) is 23.7 Å². The molecule has 3 nitrogen and oxygen atoms in total. The van der Waals surface area contributed by atoms with Crippen LogP contribution in [0.2, 0.25) is 0 Å². The molecule has 21 heavy (non-hydrogen) atoms. The summed E-state index contributed by atoms with van der Waals surface area (Å²) < 4.78 is 0. The lowest BCUT2D eigenvalue weighted by atomic mass is 9.99. The highest BCUT2D eigenvalue weighted by Crippen LogP contribution is 2.32. The molecule has 0 radical (unpaired) electrons. The molecule has 3 rings (SSSR count). The highest BCUT2D eigenvalue weighted by atomic mass is 32.1. The first-order valence-corrected chi connectivity index (χ1v) is 8.64. The summed E-state index contributed by atoms with van der Waals surface area (Å²) in [6, 6.07) is 6.39. The average molecular weight is 301 g/mol. The van der Waals surface area contributed by atoms with E-state index < -0.39 is 0 Å². The summed E-state index contributed by atoms with van der Waals surface area (Å²) >= 11 is 1.72. The van der Waals surface area contributed by atoms with Crippen molar-refractivity contribution >= 4 is 22.7 Å². The summed E-state index contributed by atoms with van der Waals surface area (Å²) in [5.74, 6) is 0.753. The third-order valence-corrected chi connectivity index (χ3v) is 5.17. The Morgan fingerprint density at radius 1 is 1.43 bits per heavy atom. The number of nitrogens with zero attached hydrogens (tertiary/aromatic N) is 2. The van der Waals surface area contributed by atoms with Crippen molar-refractivity contribution in [1.29, 1.82) is 0 Å². The molecule has 0 bridgehead atoms. The zero-order chi connectivity index (χ0) is 14.8. The van der Waals surface area contributed by atoms with Crippen LogP contribution in [-0.4, -0.2) is 18.1 Å². The van der Waals surface area contributed by atoms with Gasteiger partial charge in [0.2, 0.25) is 0 Å². The van der Waals surface area contributed by atoms with Crippen LogP contribution in [-0.2, 0) is 6.42 Å². The monoisotopic (exact) mass is 301 g/mol. The van der Waals surface area contributed by atoms with Crippen molar-refractivity contribution in [2.45, 2.75) is 33.1 Å². The third-order valence-electron chi connectivity index (χ3n) is 4.18. The van der Waals surface area contributed by atoms with E-state index in [1.54, 1.807) is 11.3 Å². The number of hydrogen-bond acceptors (Lipinski definition) is 4. The quantitative estimate of drug-likeness (QED) is 0.864. The van der Waals surface area contributed by atoms with Gasteiger partial charge in [0.25, 0.3) is 0 Å². The standard InChI is InChI=1S/C17H23N3S/c1-3-17-19-15(11-21-17)13-6-7-16(14(18)9-13)20-8-4-5-12(2)10-20/h6-7,9,11-12H,3-5,8,10,18H2,1-2H3. The molecular formula is C17H23N3S. The van der Waals surface area contributed by atoms with Crippen LogP contribution >= 0.6 is 11.3 Å². The van der Waals surface area contributed by atoms with Crippen molar-refractivity contribution in [3.8, 4) is 11.3 Å². The van der Waals surface area contributed by atoms with E-state index >= 15 is 0 Å². The molecule has 1 atom stereocenters. The number of aryl methyl sites for hydroxylation is 1. The lowest BCUT2D eigenvalue weighted by Gasteiger charge is -2.33. The minimum absolute atomic E-state index is 0.753. The molecule has 0 saturated carbocycles. The average Bonchev–Trinajstić information content (AvgIpc) is 2.96. The van der Waals surface area contributed by atoms with Crippen molar-refractivity contribution < 1.29 is 0 Å². The molecule has 1 aromatic heterocycles. The van der Waals surface area contributed by atoms with Crippen molar-refractivity contribution in [2.24, 2.45) is 5.92 Å². The Morgan fingerprint density at radius 3 is 2.95 bits per heavy atom. The Hall–Kier alpha value is -1.55. The second kappa shape index (κ2) is 6.06. The molecule has 1 saturated heterocycles. The predicted molar refractivity (Wildman–Crippen MR) is 92.0 cm³/mol. The zero-order valence-electron chi connectivity index (χ0n) is 12.8. The minimum Gasteiger partial charge on any atom is -0.397 e. The van der Waals surface area contributed by atoms with E-state index in [-0.39, 0.29) is 0 Å². The van der Waals surface area contributed by atoms with Crippen LogP contribution in [0.3, 0.4) is 0 Å². The molecule has 1 aliphatic rings. The van der Waals surface area contributed by atoms with Crippen molar-refractivity contribution in [3.63, 3.8) is 0 Å². The van der Waals surface area contributed by atoms with Crippen LogP contribution in [0.15, 0.2) is 23.6 Å². The van der Waals surface area contributed by atoms with Gasteiger partial charge in [0.1, 0.15) is 0 Å². The van der Waals surface area contributed by atoms with Crippen LogP contribution in [0, 0.1) is 5.92 Å². The van der Waals surface area contributed by atoms with Gasteiger partial charge in [0.15, 0.2) is 0 Å². The highest BCUT2D eigenvalue weighted by Gasteiger charge is 2.18. The van der Waals surface area contributed by atoms with Crippen LogP contribution in [0.4, 0.5) is 11.4 Å². The Balaban J connectivity index is 1.85.